The molecule has 0 spiro atoms. The van der Waals surface area contributed by atoms with Crippen LogP contribution in [0.2, 0.25) is 0 Å². The number of carbonyl (C=O) groups excluding carboxylic acids is 2. The molecule has 10 nitrogen and oxygen atoms in total. The number of esters is 2. The van der Waals surface area contributed by atoms with Crippen LogP contribution in [0.15, 0.2) is 92.1 Å². The molecule has 2 aromatic heterocycles. The van der Waals surface area contributed by atoms with Crippen LogP contribution in [0.4, 0.5) is 0 Å². The van der Waals surface area contributed by atoms with Crippen LogP contribution in [0.1, 0.15) is 137 Å². The van der Waals surface area contributed by atoms with Crippen molar-refractivity contribution in [3.05, 3.63) is 83.9 Å². The number of hydrogen-bond acceptors (Lipinski definition) is 12. The number of aromatic nitrogens is 4. The lowest BCUT2D eigenvalue weighted by Crippen LogP contribution is -2.11. The molecule has 5 rings (SSSR count). The van der Waals surface area contributed by atoms with Crippen molar-refractivity contribution < 1.29 is 27.9 Å². The zero-order valence-electron chi connectivity index (χ0n) is 32.7. The molecule has 0 fully saturated rings. The lowest BCUT2D eigenvalue weighted by Gasteiger charge is -2.07. The molecular weight excluding hydrogens is 745 g/mol. The summed E-state index contributed by atoms with van der Waals surface area (Å²) in [7, 11) is 0. The van der Waals surface area contributed by atoms with Crippen LogP contribution in [-0.2, 0) is 0 Å². The Kier molecular flexibility index (Phi) is 18.5. The van der Waals surface area contributed by atoms with Gasteiger partial charge >= 0.3 is 11.9 Å². The van der Waals surface area contributed by atoms with Crippen LogP contribution < -0.4 is 9.47 Å². The monoisotopic (exact) mass is 798 g/mol. The van der Waals surface area contributed by atoms with Crippen LogP contribution >= 0.6 is 23.5 Å². The summed E-state index contributed by atoms with van der Waals surface area (Å²) in [6, 6.07) is 19.9. The van der Waals surface area contributed by atoms with E-state index in [1.54, 1.807) is 72.1 Å². The molecule has 0 aliphatic heterocycles. The van der Waals surface area contributed by atoms with Crippen molar-refractivity contribution in [2.75, 3.05) is 11.5 Å². The Labute approximate surface area is 339 Å². The highest BCUT2D eigenvalue weighted by Crippen LogP contribution is 2.28. The third kappa shape index (κ3) is 14.6. The minimum absolute atomic E-state index is 0.292. The van der Waals surface area contributed by atoms with E-state index >= 15 is 0 Å². The Morgan fingerprint density at radius 2 is 0.804 bits per heavy atom. The topological polar surface area (TPSA) is 130 Å². The molecule has 0 bridgehead atoms. The first-order chi connectivity index (χ1) is 27.5. The minimum atomic E-state index is -0.554. The standard InChI is InChI=1S/C44H54N4O6S2/c1-3-5-7-9-11-13-15-17-31-55-43-47-45-39(53-43)33-23-27-37(28-24-33)51-41(49)35-19-21-36(22-20-35)42(50)52-38-29-25-34(26-30-38)40-46-48-44(54-40)56-32-18-16-14-12-10-8-6-4-2/h19-30H,3-18,31-32H2,1-2H3. The summed E-state index contributed by atoms with van der Waals surface area (Å²) in [5.41, 5.74) is 2.05. The van der Waals surface area contributed by atoms with E-state index in [0.29, 0.717) is 44.9 Å². The molecule has 0 radical (unpaired) electrons. The molecule has 56 heavy (non-hydrogen) atoms. The summed E-state index contributed by atoms with van der Waals surface area (Å²) in [6.07, 6.45) is 20.4. The third-order valence-electron chi connectivity index (χ3n) is 9.24. The highest BCUT2D eigenvalue weighted by Gasteiger charge is 2.15. The molecule has 0 N–H and O–H groups in total. The fourth-order valence-electron chi connectivity index (χ4n) is 5.97. The predicted octanol–water partition coefficient (Wildman–Crippen LogP) is 12.7. The molecule has 2 heterocycles. The summed E-state index contributed by atoms with van der Waals surface area (Å²) < 4.78 is 22.8. The van der Waals surface area contributed by atoms with Crippen molar-refractivity contribution in [1.29, 1.82) is 0 Å². The Morgan fingerprint density at radius 3 is 1.16 bits per heavy atom. The molecule has 0 saturated carbocycles. The van der Waals surface area contributed by atoms with Crippen molar-refractivity contribution in [3.8, 4) is 34.4 Å². The van der Waals surface area contributed by atoms with Crippen LogP contribution in [0.3, 0.4) is 0 Å². The molecule has 5 aromatic rings. The van der Waals surface area contributed by atoms with Gasteiger partial charge in [-0.25, -0.2) is 9.59 Å². The fourth-order valence-corrected chi connectivity index (χ4v) is 7.48. The van der Waals surface area contributed by atoms with E-state index < -0.39 is 11.9 Å². The first-order valence-corrected chi connectivity index (χ1v) is 22.2. The van der Waals surface area contributed by atoms with E-state index in [4.69, 9.17) is 18.3 Å². The van der Waals surface area contributed by atoms with Crippen molar-refractivity contribution in [1.82, 2.24) is 20.4 Å². The normalized spacial score (nSPS) is 11.2. The fraction of sp³-hybridized carbons (Fsp3) is 0.455. The van der Waals surface area contributed by atoms with E-state index in [0.717, 1.165) is 35.5 Å². The van der Waals surface area contributed by atoms with Gasteiger partial charge in [-0.15, -0.1) is 20.4 Å². The van der Waals surface area contributed by atoms with Gasteiger partial charge in [0.05, 0.1) is 11.1 Å². The Balaban J connectivity index is 1.00. The van der Waals surface area contributed by atoms with Gasteiger partial charge in [-0.05, 0) is 85.6 Å². The molecule has 3 aromatic carbocycles. The maximum absolute atomic E-state index is 12.8. The number of carbonyl (C=O) groups is 2. The molecule has 298 valence electrons. The summed E-state index contributed by atoms with van der Waals surface area (Å²) in [4.78, 5) is 25.7. The van der Waals surface area contributed by atoms with Crippen LogP contribution in [0, 0.1) is 0 Å². The maximum Gasteiger partial charge on any atom is 0.343 e. The van der Waals surface area contributed by atoms with Gasteiger partial charge in [0.2, 0.25) is 11.8 Å². The van der Waals surface area contributed by atoms with Gasteiger partial charge in [0.1, 0.15) is 11.5 Å². The zero-order chi connectivity index (χ0) is 39.2. The van der Waals surface area contributed by atoms with E-state index in [-0.39, 0.29) is 0 Å². The molecule has 0 atom stereocenters. The van der Waals surface area contributed by atoms with E-state index in [2.05, 4.69) is 34.2 Å². The van der Waals surface area contributed by atoms with Crippen LogP contribution in [0.25, 0.3) is 22.9 Å². The first-order valence-electron chi connectivity index (χ1n) is 20.2. The molecular formula is C44H54N4O6S2. The molecule has 0 aliphatic rings. The number of thioether (sulfide) groups is 2. The second-order valence-corrected chi connectivity index (χ2v) is 15.9. The number of hydrogen-bond donors (Lipinski definition) is 0. The van der Waals surface area contributed by atoms with E-state index in [9.17, 15) is 9.59 Å². The summed E-state index contributed by atoms with van der Waals surface area (Å²) in [6.45, 7) is 4.48. The largest absolute Gasteiger partial charge is 0.423 e. The molecule has 0 unspecified atom stereocenters. The smallest absolute Gasteiger partial charge is 0.343 e. The van der Waals surface area contributed by atoms with Gasteiger partial charge in [0.15, 0.2) is 0 Å². The lowest BCUT2D eigenvalue weighted by atomic mass is 10.1. The molecule has 0 aliphatic carbocycles. The van der Waals surface area contributed by atoms with Crippen molar-refractivity contribution in [2.45, 2.75) is 127 Å². The zero-order valence-corrected chi connectivity index (χ0v) is 34.3. The number of benzene rings is 3. The predicted molar refractivity (Wildman–Crippen MR) is 222 cm³/mol. The summed E-state index contributed by atoms with van der Waals surface area (Å²) in [5.74, 6) is 2.35. The Bertz CT molecular complexity index is 1740. The van der Waals surface area contributed by atoms with Gasteiger partial charge in [0.25, 0.3) is 10.4 Å². The first kappa shape index (κ1) is 42.7. The van der Waals surface area contributed by atoms with E-state index in [1.807, 2.05) is 0 Å². The Hall–Kier alpha value is -4.42. The molecule has 0 amide bonds. The lowest BCUT2D eigenvalue weighted by molar-refractivity contribution is 0.0720. The Morgan fingerprint density at radius 1 is 0.464 bits per heavy atom. The van der Waals surface area contributed by atoms with E-state index in [1.165, 1.54) is 114 Å². The second-order valence-electron chi connectivity index (χ2n) is 13.8. The van der Waals surface area contributed by atoms with Crippen molar-refractivity contribution in [3.63, 3.8) is 0 Å². The number of rotatable bonds is 26. The highest BCUT2D eigenvalue weighted by molar-refractivity contribution is 7.99. The molecule has 12 heteroatoms. The molecule has 0 saturated heterocycles. The van der Waals surface area contributed by atoms with Crippen molar-refractivity contribution in [2.24, 2.45) is 0 Å². The van der Waals surface area contributed by atoms with Gasteiger partial charge in [-0.2, -0.15) is 0 Å². The average Bonchev–Trinajstić information content (AvgIpc) is 3.91. The summed E-state index contributed by atoms with van der Waals surface area (Å²) >= 11 is 3.16. The quantitative estimate of drug-likeness (QED) is 0.0228. The third-order valence-corrected chi connectivity index (χ3v) is 11.0. The highest BCUT2D eigenvalue weighted by atomic mass is 32.2. The second kappa shape index (κ2) is 24.3. The summed E-state index contributed by atoms with van der Waals surface area (Å²) in [5, 5.41) is 17.8. The van der Waals surface area contributed by atoms with Crippen LogP contribution in [-0.4, -0.2) is 43.8 Å². The minimum Gasteiger partial charge on any atom is -0.423 e. The van der Waals surface area contributed by atoms with Crippen LogP contribution in [0.5, 0.6) is 11.5 Å². The number of nitrogens with zero attached hydrogens (tertiary/aromatic N) is 4. The number of ether oxygens (including phenoxy) is 2. The van der Waals surface area contributed by atoms with Gasteiger partial charge in [0, 0.05) is 22.6 Å². The number of unbranched alkanes of at least 4 members (excludes halogenated alkanes) is 14. The van der Waals surface area contributed by atoms with Gasteiger partial charge in [-0.1, -0.05) is 127 Å². The maximum atomic E-state index is 12.8. The SMILES string of the molecule is CCCCCCCCCCSc1nnc(-c2ccc(OC(=O)c3ccc(C(=O)Oc4ccc(-c5nnc(SCCCCCCCCCC)o5)cc4)cc3)cc2)o1. The average molecular weight is 799 g/mol. The van der Waals surface area contributed by atoms with Gasteiger partial charge in [-0.3, -0.25) is 0 Å². The van der Waals surface area contributed by atoms with Crippen molar-refractivity contribution >= 4 is 35.5 Å². The van der Waals surface area contributed by atoms with Gasteiger partial charge < -0.3 is 18.3 Å².